The molecule has 1 saturated heterocycles. The highest BCUT2D eigenvalue weighted by atomic mass is 31.2. The zero-order valence-corrected chi connectivity index (χ0v) is 10.1. The van der Waals surface area contributed by atoms with Crippen LogP contribution in [0.2, 0.25) is 19.6 Å². The van der Waals surface area contributed by atoms with Gasteiger partial charge in [0, 0.05) is 0 Å². The van der Waals surface area contributed by atoms with Gasteiger partial charge in [0.2, 0.25) is 0 Å². The molecule has 0 saturated carbocycles. The minimum Gasteiger partial charge on any atom is -0.355 e. The van der Waals surface area contributed by atoms with Crippen molar-refractivity contribution in [1.82, 2.24) is 0 Å². The molecule has 1 aliphatic rings. The standard InChI is InChI=1S/C7H17O3PSi/c1-7-5-6-8-11(9-7)10-12(2,3)4/h7H,5-6H2,1-4H3/t7-,11+/m1/s1. The van der Waals surface area contributed by atoms with Crippen molar-refractivity contribution < 1.29 is 13.3 Å². The van der Waals surface area contributed by atoms with Gasteiger partial charge in [0.05, 0.1) is 12.7 Å². The lowest BCUT2D eigenvalue weighted by atomic mass is 10.3. The fourth-order valence-electron chi connectivity index (χ4n) is 0.795. The first-order chi connectivity index (χ1) is 5.47. The average molecular weight is 208 g/mol. The zero-order chi connectivity index (χ0) is 9.19. The van der Waals surface area contributed by atoms with E-state index in [0.717, 1.165) is 13.0 Å². The maximum absolute atomic E-state index is 5.71. The van der Waals surface area contributed by atoms with E-state index in [1.165, 1.54) is 0 Å². The molecule has 0 spiro atoms. The Hall–Kier alpha value is 0.527. The van der Waals surface area contributed by atoms with Gasteiger partial charge < -0.3 is 13.3 Å². The second kappa shape index (κ2) is 4.16. The van der Waals surface area contributed by atoms with Crippen molar-refractivity contribution >= 4 is 16.9 Å². The molecule has 1 fully saturated rings. The third kappa shape index (κ3) is 3.96. The van der Waals surface area contributed by atoms with Crippen molar-refractivity contribution in [2.75, 3.05) is 6.61 Å². The summed E-state index contributed by atoms with van der Waals surface area (Å²) >= 11 is 0. The van der Waals surface area contributed by atoms with E-state index in [-0.39, 0.29) is 0 Å². The summed E-state index contributed by atoms with van der Waals surface area (Å²) in [6, 6.07) is 0. The molecule has 0 aromatic rings. The molecule has 1 rings (SSSR count). The molecule has 0 aliphatic carbocycles. The number of hydrogen-bond donors (Lipinski definition) is 0. The van der Waals surface area contributed by atoms with Crippen LogP contribution in [0.25, 0.3) is 0 Å². The summed E-state index contributed by atoms with van der Waals surface area (Å²) in [4.78, 5) is 0. The molecule has 72 valence electrons. The van der Waals surface area contributed by atoms with Gasteiger partial charge in [-0.2, -0.15) is 0 Å². The molecule has 0 aromatic heterocycles. The van der Waals surface area contributed by atoms with E-state index >= 15 is 0 Å². The summed E-state index contributed by atoms with van der Waals surface area (Å²) < 4.78 is 16.6. The van der Waals surface area contributed by atoms with Crippen LogP contribution in [-0.2, 0) is 13.3 Å². The lowest BCUT2D eigenvalue weighted by molar-refractivity contribution is 0.0927. The predicted octanol–water partition coefficient (Wildman–Crippen LogP) is 2.89. The van der Waals surface area contributed by atoms with Gasteiger partial charge >= 0.3 is 8.60 Å². The lowest BCUT2D eigenvalue weighted by Crippen LogP contribution is -2.26. The van der Waals surface area contributed by atoms with E-state index < -0.39 is 16.9 Å². The summed E-state index contributed by atoms with van der Waals surface area (Å²) in [5, 5.41) is 0. The third-order valence-corrected chi connectivity index (χ3v) is 5.05. The van der Waals surface area contributed by atoms with Gasteiger partial charge in [-0.15, -0.1) is 0 Å². The zero-order valence-electron chi connectivity index (χ0n) is 8.16. The molecule has 12 heavy (non-hydrogen) atoms. The minimum absolute atomic E-state index is 0.293. The molecular formula is C7H17O3PSi. The fraction of sp³-hybridized carbons (Fsp3) is 1.00. The number of rotatable bonds is 2. The fourth-order valence-corrected chi connectivity index (χ4v) is 3.68. The van der Waals surface area contributed by atoms with Gasteiger partial charge in [-0.05, 0) is 33.0 Å². The van der Waals surface area contributed by atoms with E-state index in [4.69, 9.17) is 13.3 Å². The Morgan fingerprint density at radius 3 is 2.58 bits per heavy atom. The van der Waals surface area contributed by atoms with E-state index in [1.54, 1.807) is 0 Å². The molecule has 2 atom stereocenters. The molecule has 3 nitrogen and oxygen atoms in total. The van der Waals surface area contributed by atoms with Crippen molar-refractivity contribution in [3.63, 3.8) is 0 Å². The minimum atomic E-state index is -1.50. The van der Waals surface area contributed by atoms with Crippen LogP contribution in [0, 0.1) is 0 Å². The van der Waals surface area contributed by atoms with Gasteiger partial charge in [-0.3, -0.25) is 0 Å². The Morgan fingerprint density at radius 1 is 1.42 bits per heavy atom. The molecule has 0 N–H and O–H groups in total. The monoisotopic (exact) mass is 208 g/mol. The highest BCUT2D eigenvalue weighted by Crippen LogP contribution is 2.46. The van der Waals surface area contributed by atoms with E-state index in [0.29, 0.717) is 6.10 Å². The third-order valence-electron chi connectivity index (χ3n) is 1.34. The van der Waals surface area contributed by atoms with Crippen molar-refractivity contribution in [3.8, 4) is 0 Å². The maximum Gasteiger partial charge on any atom is 0.322 e. The average Bonchev–Trinajstić information content (AvgIpc) is 1.82. The molecule has 1 aliphatic heterocycles. The predicted molar refractivity (Wildman–Crippen MR) is 52.5 cm³/mol. The first-order valence-corrected chi connectivity index (χ1v) is 8.77. The molecule has 0 aromatic carbocycles. The topological polar surface area (TPSA) is 27.7 Å². The summed E-state index contributed by atoms with van der Waals surface area (Å²) in [5.74, 6) is 0. The smallest absolute Gasteiger partial charge is 0.322 e. The normalized spacial score (nSPS) is 32.0. The summed E-state index contributed by atoms with van der Waals surface area (Å²) in [5.41, 5.74) is 0. The molecule has 0 amide bonds. The van der Waals surface area contributed by atoms with Crippen LogP contribution in [0.5, 0.6) is 0 Å². The number of hydrogen-bond acceptors (Lipinski definition) is 3. The van der Waals surface area contributed by atoms with E-state index in [2.05, 4.69) is 26.6 Å². The van der Waals surface area contributed by atoms with Crippen LogP contribution in [0.15, 0.2) is 0 Å². The van der Waals surface area contributed by atoms with Gasteiger partial charge in [0.1, 0.15) is 0 Å². The van der Waals surface area contributed by atoms with Crippen LogP contribution in [0.3, 0.4) is 0 Å². The summed E-state index contributed by atoms with van der Waals surface area (Å²) in [6.07, 6.45) is 1.27. The molecule has 0 bridgehead atoms. The van der Waals surface area contributed by atoms with Crippen molar-refractivity contribution in [2.24, 2.45) is 0 Å². The van der Waals surface area contributed by atoms with Crippen molar-refractivity contribution in [3.05, 3.63) is 0 Å². The Kier molecular flexibility index (Phi) is 3.68. The van der Waals surface area contributed by atoms with Crippen LogP contribution in [-0.4, -0.2) is 21.0 Å². The van der Waals surface area contributed by atoms with Crippen molar-refractivity contribution in [2.45, 2.75) is 39.1 Å². The van der Waals surface area contributed by atoms with Crippen molar-refractivity contribution in [1.29, 1.82) is 0 Å². The molecule has 5 heteroatoms. The highest BCUT2D eigenvalue weighted by molar-refractivity contribution is 7.43. The first-order valence-electron chi connectivity index (χ1n) is 4.26. The van der Waals surface area contributed by atoms with Crippen LogP contribution in [0.4, 0.5) is 0 Å². The summed E-state index contributed by atoms with van der Waals surface area (Å²) in [7, 11) is -2.53. The van der Waals surface area contributed by atoms with E-state index in [9.17, 15) is 0 Å². The Balaban J connectivity index is 2.32. The Bertz CT molecular complexity index is 148. The molecule has 1 heterocycles. The van der Waals surface area contributed by atoms with Gasteiger partial charge in [0.15, 0.2) is 8.32 Å². The lowest BCUT2D eigenvalue weighted by Gasteiger charge is -2.30. The quantitative estimate of drug-likeness (QED) is 0.516. The highest BCUT2D eigenvalue weighted by Gasteiger charge is 2.28. The van der Waals surface area contributed by atoms with Crippen LogP contribution < -0.4 is 0 Å². The molecule has 0 radical (unpaired) electrons. The van der Waals surface area contributed by atoms with Gasteiger partial charge in [0.25, 0.3) is 0 Å². The van der Waals surface area contributed by atoms with Gasteiger partial charge in [-0.1, -0.05) is 0 Å². The Morgan fingerprint density at radius 2 is 2.08 bits per heavy atom. The summed E-state index contributed by atoms with van der Waals surface area (Å²) in [6.45, 7) is 9.26. The van der Waals surface area contributed by atoms with Crippen LogP contribution in [0.1, 0.15) is 13.3 Å². The maximum atomic E-state index is 5.71. The van der Waals surface area contributed by atoms with Gasteiger partial charge in [-0.25, -0.2) is 0 Å². The molecule has 0 unspecified atom stereocenters. The second-order valence-corrected chi connectivity index (χ2v) is 9.84. The SMILES string of the molecule is C[C@@H]1CCO[P@](O[Si](C)(C)C)O1. The largest absolute Gasteiger partial charge is 0.355 e. The first kappa shape index (κ1) is 10.6. The second-order valence-electron chi connectivity index (χ2n) is 3.97. The van der Waals surface area contributed by atoms with Crippen LogP contribution >= 0.6 is 8.60 Å². The Labute approximate surface area is 76.5 Å². The molecular weight excluding hydrogens is 191 g/mol. The van der Waals surface area contributed by atoms with E-state index in [1.807, 2.05) is 0 Å².